The summed E-state index contributed by atoms with van der Waals surface area (Å²) >= 11 is 6.91. The summed E-state index contributed by atoms with van der Waals surface area (Å²) in [5.41, 5.74) is 7.54. The SMILES string of the molecule is CSC1(C(N)=S)CCN(C(=O)c2c(C)oc(C)c2C)CC1. The van der Waals surface area contributed by atoms with E-state index < -0.39 is 0 Å². The fourth-order valence-electron chi connectivity index (χ4n) is 2.89. The zero-order valence-corrected chi connectivity index (χ0v) is 14.6. The van der Waals surface area contributed by atoms with Gasteiger partial charge in [0.1, 0.15) is 11.5 Å². The van der Waals surface area contributed by atoms with Crippen molar-refractivity contribution in [1.82, 2.24) is 4.90 Å². The Bertz CT molecular complexity index is 572. The summed E-state index contributed by atoms with van der Waals surface area (Å²) in [5.74, 6) is 1.57. The predicted octanol–water partition coefficient (Wildman–Crippen LogP) is 2.83. The first-order chi connectivity index (χ1) is 9.82. The normalized spacial score (nSPS) is 17.8. The number of aryl methyl sites for hydroxylation is 2. The Kier molecular flexibility index (Phi) is 4.68. The van der Waals surface area contributed by atoms with E-state index in [-0.39, 0.29) is 10.7 Å². The molecule has 1 aliphatic rings. The third-order valence-electron chi connectivity index (χ3n) is 4.47. The maximum Gasteiger partial charge on any atom is 0.257 e. The second-order valence-electron chi connectivity index (χ2n) is 5.57. The van der Waals surface area contributed by atoms with Crippen LogP contribution >= 0.6 is 24.0 Å². The monoisotopic (exact) mass is 326 g/mol. The highest BCUT2D eigenvalue weighted by atomic mass is 32.2. The van der Waals surface area contributed by atoms with Gasteiger partial charge in [0.15, 0.2) is 0 Å². The average Bonchev–Trinajstić information content (AvgIpc) is 2.71. The highest BCUT2D eigenvalue weighted by Crippen LogP contribution is 2.35. The second-order valence-corrected chi connectivity index (χ2v) is 7.20. The van der Waals surface area contributed by atoms with Crippen molar-refractivity contribution in [2.75, 3.05) is 19.3 Å². The molecular formula is C15H22N2O2S2. The van der Waals surface area contributed by atoms with E-state index in [2.05, 4.69) is 0 Å². The Morgan fingerprint density at radius 2 is 1.86 bits per heavy atom. The molecule has 6 heteroatoms. The number of piperidine rings is 1. The van der Waals surface area contributed by atoms with Crippen molar-refractivity contribution in [2.45, 2.75) is 38.4 Å². The highest BCUT2D eigenvalue weighted by molar-refractivity contribution is 8.02. The van der Waals surface area contributed by atoms with Crippen molar-refractivity contribution in [3.63, 3.8) is 0 Å². The maximum atomic E-state index is 12.7. The third kappa shape index (κ3) is 2.83. The van der Waals surface area contributed by atoms with Crippen molar-refractivity contribution in [3.05, 3.63) is 22.6 Å². The van der Waals surface area contributed by atoms with E-state index in [0.29, 0.717) is 29.4 Å². The lowest BCUT2D eigenvalue weighted by molar-refractivity contribution is 0.0716. The molecule has 2 rings (SSSR count). The molecule has 2 heterocycles. The first-order valence-electron chi connectivity index (χ1n) is 7.03. The van der Waals surface area contributed by atoms with Gasteiger partial charge in [0, 0.05) is 18.7 Å². The molecule has 1 amide bonds. The number of rotatable bonds is 3. The molecule has 0 spiro atoms. The van der Waals surface area contributed by atoms with Crippen LogP contribution in [0, 0.1) is 20.8 Å². The number of hydrogen-bond acceptors (Lipinski definition) is 4. The molecule has 0 atom stereocenters. The maximum absolute atomic E-state index is 12.7. The second kappa shape index (κ2) is 6.01. The molecule has 0 saturated carbocycles. The lowest BCUT2D eigenvalue weighted by Gasteiger charge is -2.40. The topological polar surface area (TPSA) is 59.5 Å². The standard InChI is InChI=1S/C15H22N2O2S2/c1-9-10(2)19-11(3)12(9)13(18)17-7-5-15(21-4,6-8-17)14(16)20/h5-8H2,1-4H3,(H2,16,20). The number of furan rings is 1. The Balaban J connectivity index is 2.16. The van der Waals surface area contributed by atoms with Crippen molar-refractivity contribution < 1.29 is 9.21 Å². The molecule has 1 aliphatic heterocycles. The van der Waals surface area contributed by atoms with Crippen molar-refractivity contribution in [3.8, 4) is 0 Å². The van der Waals surface area contributed by atoms with Gasteiger partial charge in [0.2, 0.25) is 0 Å². The van der Waals surface area contributed by atoms with Gasteiger partial charge in [-0.15, -0.1) is 0 Å². The number of amides is 1. The number of thioether (sulfide) groups is 1. The molecule has 1 aromatic heterocycles. The Hall–Kier alpha value is -1.01. The van der Waals surface area contributed by atoms with Gasteiger partial charge in [-0.2, -0.15) is 11.8 Å². The molecule has 0 aliphatic carbocycles. The Labute approximate surface area is 135 Å². The van der Waals surface area contributed by atoms with E-state index in [1.165, 1.54) is 0 Å². The van der Waals surface area contributed by atoms with Crippen LogP contribution in [0.1, 0.15) is 40.3 Å². The van der Waals surface area contributed by atoms with E-state index in [0.717, 1.165) is 24.2 Å². The van der Waals surface area contributed by atoms with E-state index in [4.69, 9.17) is 22.4 Å². The van der Waals surface area contributed by atoms with Gasteiger partial charge in [0.25, 0.3) is 5.91 Å². The lowest BCUT2D eigenvalue weighted by atomic mass is 9.94. The number of carbonyl (C=O) groups is 1. The minimum absolute atomic E-state index is 0.0551. The van der Waals surface area contributed by atoms with E-state index in [1.807, 2.05) is 31.9 Å². The molecule has 1 saturated heterocycles. The smallest absolute Gasteiger partial charge is 0.257 e. The fourth-order valence-corrected chi connectivity index (χ4v) is 4.13. The van der Waals surface area contributed by atoms with E-state index >= 15 is 0 Å². The van der Waals surface area contributed by atoms with Crippen LogP contribution in [0.2, 0.25) is 0 Å². The van der Waals surface area contributed by atoms with Gasteiger partial charge in [-0.3, -0.25) is 4.79 Å². The molecule has 0 aromatic carbocycles. The van der Waals surface area contributed by atoms with Crippen LogP contribution in [0.4, 0.5) is 0 Å². The first kappa shape index (κ1) is 16.4. The van der Waals surface area contributed by atoms with Crippen LogP contribution in [0.15, 0.2) is 4.42 Å². The number of nitrogens with zero attached hydrogens (tertiary/aromatic N) is 1. The Morgan fingerprint density at radius 3 is 2.24 bits per heavy atom. The van der Waals surface area contributed by atoms with Crippen LogP contribution in [0.3, 0.4) is 0 Å². The number of hydrogen-bond donors (Lipinski definition) is 1. The number of carbonyl (C=O) groups excluding carboxylic acids is 1. The lowest BCUT2D eigenvalue weighted by Crippen LogP contribution is -2.50. The summed E-state index contributed by atoms with van der Waals surface area (Å²) in [6.45, 7) is 7.03. The van der Waals surface area contributed by atoms with Crippen LogP contribution in [-0.4, -0.2) is 39.9 Å². The van der Waals surface area contributed by atoms with Crippen molar-refractivity contribution in [2.24, 2.45) is 5.73 Å². The van der Waals surface area contributed by atoms with Gasteiger partial charge < -0.3 is 15.1 Å². The quantitative estimate of drug-likeness (QED) is 0.866. The molecule has 0 radical (unpaired) electrons. The van der Waals surface area contributed by atoms with Crippen LogP contribution < -0.4 is 5.73 Å². The van der Waals surface area contributed by atoms with E-state index in [9.17, 15) is 4.79 Å². The van der Waals surface area contributed by atoms with Gasteiger partial charge >= 0.3 is 0 Å². The largest absolute Gasteiger partial charge is 0.466 e. The van der Waals surface area contributed by atoms with Crippen molar-refractivity contribution >= 4 is 34.9 Å². The molecule has 1 aromatic rings. The molecule has 1 fully saturated rings. The molecular weight excluding hydrogens is 304 g/mol. The number of nitrogens with two attached hydrogens (primary N) is 1. The van der Waals surface area contributed by atoms with E-state index in [1.54, 1.807) is 11.8 Å². The predicted molar refractivity (Wildman–Crippen MR) is 91.1 cm³/mol. The fraction of sp³-hybridized carbons (Fsp3) is 0.600. The van der Waals surface area contributed by atoms with Crippen LogP contribution in [0.25, 0.3) is 0 Å². The number of thiocarbonyl (C=S) groups is 1. The molecule has 0 unspecified atom stereocenters. The molecule has 21 heavy (non-hydrogen) atoms. The van der Waals surface area contributed by atoms with Gasteiger partial charge in [-0.05, 0) is 39.9 Å². The van der Waals surface area contributed by atoms with Gasteiger partial charge in [-0.1, -0.05) is 12.2 Å². The van der Waals surface area contributed by atoms with Gasteiger partial charge in [0.05, 0.1) is 15.3 Å². The summed E-state index contributed by atoms with van der Waals surface area (Å²) in [4.78, 5) is 15.2. The average molecular weight is 326 g/mol. The summed E-state index contributed by atoms with van der Waals surface area (Å²) in [6, 6.07) is 0. The van der Waals surface area contributed by atoms with Crippen LogP contribution in [-0.2, 0) is 0 Å². The highest BCUT2D eigenvalue weighted by Gasteiger charge is 2.38. The summed E-state index contributed by atoms with van der Waals surface area (Å²) < 4.78 is 5.40. The molecule has 2 N–H and O–H groups in total. The minimum atomic E-state index is -0.164. The minimum Gasteiger partial charge on any atom is -0.466 e. The zero-order valence-electron chi connectivity index (χ0n) is 13.0. The van der Waals surface area contributed by atoms with Crippen LogP contribution in [0.5, 0.6) is 0 Å². The summed E-state index contributed by atoms with van der Waals surface area (Å²) in [6.07, 6.45) is 3.65. The number of likely N-dealkylation sites (tertiary alicyclic amines) is 1. The Morgan fingerprint density at radius 1 is 1.29 bits per heavy atom. The molecule has 4 nitrogen and oxygen atoms in total. The molecule has 116 valence electrons. The molecule has 0 bridgehead atoms. The van der Waals surface area contributed by atoms with Crippen molar-refractivity contribution in [1.29, 1.82) is 0 Å². The van der Waals surface area contributed by atoms with Gasteiger partial charge in [-0.25, -0.2) is 0 Å². The first-order valence-corrected chi connectivity index (χ1v) is 8.66. The summed E-state index contributed by atoms with van der Waals surface area (Å²) in [7, 11) is 0. The zero-order chi connectivity index (χ0) is 15.8. The third-order valence-corrected chi connectivity index (χ3v) is 6.40. The summed E-state index contributed by atoms with van der Waals surface area (Å²) in [5, 5.41) is 0.